The SMILES string of the molecule is CC(C)NCCN(C)C1CCOC1C. The number of hydrogen-bond acceptors (Lipinski definition) is 3. The lowest BCUT2D eigenvalue weighted by molar-refractivity contribution is 0.0839. The van der Waals surface area contributed by atoms with Crippen LogP contribution in [0.4, 0.5) is 0 Å². The summed E-state index contributed by atoms with van der Waals surface area (Å²) >= 11 is 0. The number of nitrogens with one attached hydrogen (secondary N) is 1. The summed E-state index contributed by atoms with van der Waals surface area (Å²) in [6, 6.07) is 1.20. The maximum Gasteiger partial charge on any atom is 0.0702 e. The van der Waals surface area contributed by atoms with Crippen LogP contribution in [0.3, 0.4) is 0 Å². The quantitative estimate of drug-likeness (QED) is 0.719. The lowest BCUT2D eigenvalue weighted by Gasteiger charge is -2.26. The molecule has 0 saturated carbocycles. The molecule has 0 aliphatic carbocycles. The summed E-state index contributed by atoms with van der Waals surface area (Å²) in [4.78, 5) is 2.41. The van der Waals surface area contributed by atoms with Crippen molar-refractivity contribution < 1.29 is 4.74 Å². The first-order valence-electron chi connectivity index (χ1n) is 5.66. The van der Waals surface area contributed by atoms with Crippen molar-refractivity contribution in [1.29, 1.82) is 0 Å². The zero-order valence-electron chi connectivity index (χ0n) is 9.92. The summed E-state index contributed by atoms with van der Waals surface area (Å²) in [6.45, 7) is 9.63. The third kappa shape index (κ3) is 3.56. The van der Waals surface area contributed by atoms with Crippen molar-refractivity contribution in [1.82, 2.24) is 10.2 Å². The smallest absolute Gasteiger partial charge is 0.0702 e. The van der Waals surface area contributed by atoms with E-state index < -0.39 is 0 Å². The minimum atomic E-state index is 0.402. The van der Waals surface area contributed by atoms with E-state index >= 15 is 0 Å². The summed E-state index contributed by atoms with van der Waals surface area (Å²) in [5.74, 6) is 0. The molecule has 2 unspecified atom stereocenters. The average molecular weight is 200 g/mol. The number of nitrogens with zero attached hydrogens (tertiary/aromatic N) is 1. The molecule has 1 aliphatic heterocycles. The molecule has 1 heterocycles. The van der Waals surface area contributed by atoms with E-state index in [-0.39, 0.29) is 0 Å². The largest absolute Gasteiger partial charge is 0.377 e. The molecule has 0 aromatic heterocycles. The molecule has 0 radical (unpaired) electrons. The van der Waals surface area contributed by atoms with Crippen LogP contribution in [-0.2, 0) is 4.74 Å². The number of hydrogen-bond donors (Lipinski definition) is 1. The van der Waals surface area contributed by atoms with Gasteiger partial charge in [0.2, 0.25) is 0 Å². The van der Waals surface area contributed by atoms with Gasteiger partial charge in [-0.2, -0.15) is 0 Å². The lowest BCUT2D eigenvalue weighted by Crippen LogP contribution is -2.41. The van der Waals surface area contributed by atoms with E-state index in [0.717, 1.165) is 19.7 Å². The molecule has 0 aromatic rings. The van der Waals surface area contributed by atoms with Crippen molar-refractivity contribution in [2.24, 2.45) is 0 Å². The van der Waals surface area contributed by atoms with Gasteiger partial charge in [0.25, 0.3) is 0 Å². The van der Waals surface area contributed by atoms with E-state index in [1.807, 2.05) is 0 Å². The van der Waals surface area contributed by atoms with Crippen LogP contribution in [0, 0.1) is 0 Å². The fraction of sp³-hybridized carbons (Fsp3) is 1.00. The van der Waals surface area contributed by atoms with Crippen molar-refractivity contribution >= 4 is 0 Å². The Hall–Kier alpha value is -0.120. The second-order valence-electron chi connectivity index (χ2n) is 4.52. The fourth-order valence-electron chi connectivity index (χ4n) is 1.99. The van der Waals surface area contributed by atoms with Gasteiger partial charge in [0.1, 0.15) is 0 Å². The van der Waals surface area contributed by atoms with E-state index in [2.05, 4.69) is 38.0 Å². The third-order valence-electron chi connectivity index (χ3n) is 2.92. The van der Waals surface area contributed by atoms with Gasteiger partial charge in [0.05, 0.1) is 6.10 Å². The van der Waals surface area contributed by atoms with Crippen molar-refractivity contribution in [2.45, 2.75) is 45.4 Å². The summed E-state index contributed by atoms with van der Waals surface area (Å²) in [5, 5.41) is 3.43. The molecule has 1 N–H and O–H groups in total. The Balaban J connectivity index is 2.17. The van der Waals surface area contributed by atoms with Crippen molar-refractivity contribution in [2.75, 3.05) is 26.7 Å². The Morgan fingerprint density at radius 2 is 2.21 bits per heavy atom. The Morgan fingerprint density at radius 3 is 2.71 bits per heavy atom. The lowest BCUT2D eigenvalue weighted by atomic mass is 10.1. The fourth-order valence-corrected chi connectivity index (χ4v) is 1.99. The Morgan fingerprint density at radius 1 is 1.50 bits per heavy atom. The average Bonchev–Trinajstić information content (AvgIpc) is 2.50. The summed E-state index contributed by atoms with van der Waals surface area (Å²) < 4.78 is 5.55. The highest BCUT2D eigenvalue weighted by Crippen LogP contribution is 2.17. The Labute approximate surface area is 87.8 Å². The minimum Gasteiger partial charge on any atom is -0.377 e. The highest BCUT2D eigenvalue weighted by atomic mass is 16.5. The van der Waals surface area contributed by atoms with Gasteiger partial charge in [0, 0.05) is 31.8 Å². The molecule has 1 rings (SSSR count). The van der Waals surface area contributed by atoms with Crippen LogP contribution in [0.1, 0.15) is 27.2 Å². The van der Waals surface area contributed by atoms with E-state index in [4.69, 9.17) is 4.74 Å². The second-order valence-corrected chi connectivity index (χ2v) is 4.52. The standard InChI is InChI=1S/C11H24N2O/c1-9(2)12-6-7-13(4)11-5-8-14-10(11)3/h9-12H,5-8H2,1-4H3. The van der Waals surface area contributed by atoms with Crippen molar-refractivity contribution in [3.8, 4) is 0 Å². The maximum atomic E-state index is 5.55. The summed E-state index contributed by atoms with van der Waals surface area (Å²) in [6.07, 6.45) is 1.58. The molecule has 0 spiro atoms. The Bertz CT molecular complexity index is 161. The van der Waals surface area contributed by atoms with Crippen LogP contribution in [-0.4, -0.2) is 49.8 Å². The normalized spacial score (nSPS) is 27.9. The van der Waals surface area contributed by atoms with Gasteiger partial charge >= 0.3 is 0 Å². The molecule has 2 atom stereocenters. The van der Waals surface area contributed by atoms with Crippen LogP contribution >= 0.6 is 0 Å². The van der Waals surface area contributed by atoms with E-state index in [0.29, 0.717) is 18.2 Å². The van der Waals surface area contributed by atoms with Gasteiger partial charge in [-0.25, -0.2) is 0 Å². The van der Waals surface area contributed by atoms with Gasteiger partial charge in [-0.05, 0) is 20.4 Å². The summed E-state index contributed by atoms with van der Waals surface area (Å²) in [7, 11) is 2.19. The predicted molar refractivity (Wildman–Crippen MR) is 59.6 cm³/mol. The van der Waals surface area contributed by atoms with Gasteiger partial charge in [-0.1, -0.05) is 13.8 Å². The molecule has 14 heavy (non-hydrogen) atoms. The van der Waals surface area contributed by atoms with Crippen LogP contribution < -0.4 is 5.32 Å². The minimum absolute atomic E-state index is 0.402. The van der Waals surface area contributed by atoms with Gasteiger partial charge in [-0.3, -0.25) is 4.90 Å². The molecule has 3 nitrogen and oxygen atoms in total. The predicted octanol–water partition coefficient (Wildman–Crippen LogP) is 1.09. The van der Waals surface area contributed by atoms with Crippen LogP contribution in [0.2, 0.25) is 0 Å². The van der Waals surface area contributed by atoms with Crippen LogP contribution in [0.5, 0.6) is 0 Å². The van der Waals surface area contributed by atoms with Gasteiger partial charge in [0.15, 0.2) is 0 Å². The molecule has 1 fully saturated rings. The number of ether oxygens (including phenoxy) is 1. The molecule has 3 heteroatoms. The number of likely N-dealkylation sites (N-methyl/N-ethyl adjacent to an activating group) is 1. The zero-order chi connectivity index (χ0) is 10.6. The molecule has 0 amide bonds. The first-order chi connectivity index (χ1) is 6.61. The maximum absolute atomic E-state index is 5.55. The zero-order valence-corrected chi connectivity index (χ0v) is 9.92. The van der Waals surface area contributed by atoms with E-state index in [1.54, 1.807) is 0 Å². The highest BCUT2D eigenvalue weighted by Gasteiger charge is 2.27. The third-order valence-corrected chi connectivity index (χ3v) is 2.92. The van der Waals surface area contributed by atoms with E-state index in [9.17, 15) is 0 Å². The van der Waals surface area contributed by atoms with Crippen molar-refractivity contribution in [3.63, 3.8) is 0 Å². The van der Waals surface area contributed by atoms with Crippen LogP contribution in [0.15, 0.2) is 0 Å². The van der Waals surface area contributed by atoms with Gasteiger partial charge in [-0.15, -0.1) is 0 Å². The molecule has 1 aliphatic rings. The summed E-state index contributed by atoms with van der Waals surface area (Å²) in [5.41, 5.74) is 0. The molecule has 84 valence electrons. The van der Waals surface area contributed by atoms with E-state index in [1.165, 1.54) is 6.42 Å². The first-order valence-corrected chi connectivity index (χ1v) is 5.66. The monoisotopic (exact) mass is 200 g/mol. The van der Waals surface area contributed by atoms with Crippen LogP contribution in [0.25, 0.3) is 0 Å². The molecular formula is C11H24N2O. The highest BCUT2D eigenvalue weighted by molar-refractivity contribution is 4.80. The second kappa shape index (κ2) is 5.69. The molecule has 1 saturated heterocycles. The number of rotatable bonds is 5. The Kier molecular flexibility index (Phi) is 4.85. The first kappa shape index (κ1) is 12.0. The topological polar surface area (TPSA) is 24.5 Å². The molecule has 0 bridgehead atoms. The molecule has 0 aromatic carbocycles. The van der Waals surface area contributed by atoms with Crippen molar-refractivity contribution in [3.05, 3.63) is 0 Å². The molecular weight excluding hydrogens is 176 g/mol. The van der Waals surface area contributed by atoms with Gasteiger partial charge < -0.3 is 10.1 Å².